The average Bonchev–Trinajstić information content (AvgIpc) is 3.35. The monoisotopic (exact) mass is 357 g/mol. The first-order valence-electron chi connectivity index (χ1n) is 7.92. The molecule has 8 heteroatoms. The third kappa shape index (κ3) is 2.89. The zero-order valence-electron chi connectivity index (χ0n) is 13.3. The van der Waals surface area contributed by atoms with Gasteiger partial charge in [0.2, 0.25) is 0 Å². The van der Waals surface area contributed by atoms with E-state index >= 15 is 0 Å². The topological polar surface area (TPSA) is 79.8 Å². The molecule has 0 bridgehead atoms. The number of likely N-dealkylation sites (tertiary alicyclic amines) is 1. The van der Waals surface area contributed by atoms with Gasteiger partial charge in [-0.15, -0.1) is 11.3 Å². The van der Waals surface area contributed by atoms with Crippen molar-refractivity contribution in [3.8, 4) is 10.6 Å². The minimum atomic E-state index is -0.621. The summed E-state index contributed by atoms with van der Waals surface area (Å²) < 4.78 is 4.75. The van der Waals surface area contributed by atoms with Gasteiger partial charge in [0, 0.05) is 24.0 Å². The molecular formula is C17H15N3O4S. The van der Waals surface area contributed by atoms with Crippen LogP contribution in [0.5, 0.6) is 0 Å². The summed E-state index contributed by atoms with van der Waals surface area (Å²) in [4.78, 5) is 43.3. The quantitative estimate of drug-likeness (QED) is 0.839. The molecule has 1 aromatic heterocycles. The van der Waals surface area contributed by atoms with E-state index in [0.29, 0.717) is 25.2 Å². The number of ether oxygens (including phenoxy) is 1. The Hall–Kier alpha value is -2.74. The minimum Gasteiger partial charge on any atom is -0.439 e. The molecule has 1 unspecified atom stereocenters. The molecule has 7 nitrogen and oxygen atoms in total. The Balaban J connectivity index is 1.46. The van der Waals surface area contributed by atoms with Crippen LogP contribution in [0.4, 0.5) is 4.79 Å². The highest BCUT2D eigenvalue weighted by Gasteiger charge is 2.41. The lowest BCUT2D eigenvalue weighted by Gasteiger charge is -2.20. The Labute approximate surface area is 147 Å². The summed E-state index contributed by atoms with van der Waals surface area (Å²) in [6.45, 7) is 0.590. The molecule has 0 N–H and O–H groups in total. The van der Waals surface area contributed by atoms with E-state index < -0.39 is 6.09 Å². The molecule has 1 aromatic carbocycles. The average molecular weight is 357 g/mol. The highest BCUT2D eigenvalue weighted by atomic mass is 32.1. The first kappa shape index (κ1) is 15.8. The highest BCUT2D eigenvalue weighted by Crippen LogP contribution is 2.26. The zero-order valence-corrected chi connectivity index (χ0v) is 14.1. The van der Waals surface area contributed by atoms with Crippen LogP contribution in [-0.4, -0.2) is 58.4 Å². The predicted molar refractivity (Wildman–Crippen MR) is 90.1 cm³/mol. The van der Waals surface area contributed by atoms with Crippen LogP contribution in [0.1, 0.15) is 16.9 Å². The number of thiazole rings is 1. The number of carbonyl (C=O) groups excluding carboxylic acids is 3. The molecule has 2 aliphatic heterocycles. The fraction of sp³-hybridized carbons (Fsp3) is 0.294. The molecule has 2 aliphatic rings. The molecule has 3 heterocycles. The number of imide groups is 1. The van der Waals surface area contributed by atoms with E-state index in [0.717, 1.165) is 15.5 Å². The standard InChI is InChI=1S/C17H15N3O4S/c21-14-9-24-17(23)20(14)12-6-7-19(8-12)16(22)13-10-25-15(18-13)11-4-2-1-3-5-11/h1-5,10,12H,6-9H2. The molecule has 25 heavy (non-hydrogen) atoms. The normalized spacial score (nSPS) is 20.2. The fourth-order valence-corrected chi connectivity index (χ4v) is 3.90. The number of cyclic esters (lactones) is 1. The maximum Gasteiger partial charge on any atom is 0.417 e. The predicted octanol–water partition coefficient (Wildman–Crippen LogP) is 2.00. The molecule has 1 atom stereocenters. The van der Waals surface area contributed by atoms with Crippen LogP contribution >= 0.6 is 11.3 Å². The Morgan fingerprint density at radius 3 is 2.76 bits per heavy atom. The summed E-state index contributed by atoms with van der Waals surface area (Å²) >= 11 is 1.42. The van der Waals surface area contributed by atoms with Gasteiger partial charge in [0.05, 0.1) is 6.04 Å². The van der Waals surface area contributed by atoms with Gasteiger partial charge in [-0.2, -0.15) is 0 Å². The molecule has 2 fully saturated rings. The number of benzene rings is 1. The van der Waals surface area contributed by atoms with E-state index in [4.69, 9.17) is 4.74 Å². The van der Waals surface area contributed by atoms with Crippen LogP contribution in [0, 0.1) is 0 Å². The molecule has 2 saturated heterocycles. The largest absolute Gasteiger partial charge is 0.439 e. The van der Waals surface area contributed by atoms with Gasteiger partial charge < -0.3 is 9.64 Å². The summed E-state index contributed by atoms with van der Waals surface area (Å²) in [5.74, 6) is -0.523. The van der Waals surface area contributed by atoms with Crippen molar-refractivity contribution >= 4 is 29.2 Å². The molecule has 0 saturated carbocycles. The zero-order chi connectivity index (χ0) is 17.4. The summed E-state index contributed by atoms with van der Waals surface area (Å²) in [5.41, 5.74) is 1.36. The number of hydrogen-bond donors (Lipinski definition) is 0. The minimum absolute atomic E-state index is 0.180. The van der Waals surface area contributed by atoms with Crippen LogP contribution in [0.15, 0.2) is 35.7 Å². The molecule has 0 spiro atoms. The van der Waals surface area contributed by atoms with Gasteiger partial charge >= 0.3 is 6.09 Å². The van der Waals surface area contributed by atoms with Crippen molar-refractivity contribution < 1.29 is 19.1 Å². The van der Waals surface area contributed by atoms with Crippen LogP contribution in [0.25, 0.3) is 10.6 Å². The van der Waals surface area contributed by atoms with Gasteiger partial charge in [-0.3, -0.25) is 9.59 Å². The molecule has 128 valence electrons. The number of carbonyl (C=O) groups is 3. The van der Waals surface area contributed by atoms with Gasteiger partial charge in [-0.25, -0.2) is 14.7 Å². The third-order valence-corrected chi connectivity index (χ3v) is 5.24. The van der Waals surface area contributed by atoms with Crippen LogP contribution < -0.4 is 0 Å². The first-order valence-corrected chi connectivity index (χ1v) is 8.80. The summed E-state index contributed by atoms with van der Waals surface area (Å²) in [7, 11) is 0. The van der Waals surface area contributed by atoms with Crippen molar-refractivity contribution in [3.05, 3.63) is 41.4 Å². The second-order valence-corrected chi connectivity index (χ2v) is 6.77. The van der Waals surface area contributed by atoms with E-state index in [1.54, 1.807) is 10.3 Å². The molecule has 2 aromatic rings. The lowest BCUT2D eigenvalue weighted by Crippen LogP contribution is -2.42. The lowest BCUT2D eigenvalue weighted by molar-refractivity contribution is -0.127. The van der Waals surface area contributed by atoms with Crippen molar-refractivity contribution in [2.45, 2.75) is 12.5 Å². The van der Waals surface area contributed by atoms with Gasteiger partial charge in [0.1, 0.15) is 10.7 Å². The maximum atomic E-state index is 12.7. The smallest absolute Gasteiger partial charge is 0.417 e. The van der Waals surface area contributed by atoms with Crippen molar-refractivity contribution in [1.82, 2.24) is 14.8 Å². The van der Waals surface area contributed by atoms with E-state index in [1.807, 2.05) is 30.3 Å². The van der Waals surface area contributed by atoms with Crippen molar-refractivity contribution in [3.63, 3.8) is 0 Å². The van der Waals surface area contributed by atoms with Gasteiger partial charge in [0.25, 0.3) is 11.8 Å². The van der Waals surface area contributed by atoms with Crippen LogP contribution in [-0.2, 0) is 9.53 Å². The first-order chi connectivity index (χ1) is 12.1. The number of hydrogen-bond acceptors (Lipinski definition) is 6. The fourth-order valence-electron chi connectivity index (χ4n) is 3.10. The van der Waals surface area contributed by atoms with Gasteiger partial charge in [0.15, 0.2) is 6.61 Å². The Kier molecular flexibility index (Phi) is 3.96. The number of amides is 3. The van der Waals surface area contributed by atoms with Crippen molar-refractivity contribution in [2.75, 3.05) is 19.7 Å². The number of aromatic nitrogens is 1. The second kappa shape index (κ2) is 6.29. The molecular weight excluding hydrogens is 342 g/mol. The van der Waals surface area contributed by atoms with E-state index in [9.17, 15) is 14.4 Å². The van der Waals surface area contributed by atoms with E-state index in [1.165, 1.54) is 11.3 Å². The molecule has 4 rings (SSSR count). The van der Waals surface area contributed by atoms with Gasteiger partial charge in [-0.05, 0) is 6.42 Å². The Morgan fingerprint density at radius 2 is 2.04 bits per heavy atom. The number of nitrogens with zero attached hydrogens (tertiary/aromatic N) is 3. The van der Waals surface area contributed by atoms with Crippen LogP contribution in [0.3, 0.4) is 0 Å². The summed E-state index contributed by atoms with van der Waals surface area (Å²) in [6, 6.07) is 9.36. The number of rotatable bonds is 3. The van der Waals surface area contributed by atoms with Gasteiger partial charge in [-0.1, -0.05) is 30.3 Å². The Bertz CT molecular complexity index is 819. The molecule has 0 aliphatic carbocycles. The summed E-state index contributed by atoms with van der Waals surface area (Å²) in [5, 5.41) is 2.53. The maximum absolute atomic E-state index is 12.7. The lowest BCUT2D eigenvalue weighted by atomic mass is 10.2. The van der Waals surface area contributed by atoms with Crippen LogP contribution in [0.2, 0.25) is 0 Å². The Morgan fingerprint density at radius 1 is 1.24 bits per heavy atom. The van der Waals surface area contributed by atoms with E-state index in [-0.39, 0.29) is 24.5 Å². The van der Waals surface area contributed by atoms with Crippen molar-refractivity contribution in [2.24, 2.45) is 0 Å². The SMILES string of the molecule is O=C(c1csc(-c2ccccc2)n1)N1CCC(N2C(=O)COC2=O)C1. The summed E-state index contributed by atoms with van der Waals surface area (Å²) in [6.07, 6.45) is -0.0632. The highest BCUT2D eigenvalue weighted by molar-refractivity contribution is 7.13. The molecule has 0 radical (unpaired) electrons. The van der Waals surface area contributed by atoms with E-state index in [2.05, 4.69) is 4.98 Å². The second-order valence-electron chi connectivity index (χ2n) is 5.92. The molecule has 3 amide bonds. The van der Waals surface area contributed by atoms with Crippen molar-refractivity contribution in [1.29, 1.82) is 0 Å². The third-order valence-electron chi connectivity index (χ3n) is 4.34.